The summed E-state index contributed by atoms with van der Waals surface area (Å²) in [6.45, 7) is 12.0. The monoisotopic (exact) mass is 444 g/mol. The molecule has 3 amide bonds. The smallest absolute Gasteiger partial charge is 0.326 e. The molecule has 0 radical (unpaired) electrons. The molecule has 0 aromatic carbocycles. The molecule has 0 saturated heterocycles. The first kappa shape index (κ1) is 28.8. The van der Waals surface area contributed by atoms with Gasteiger partial charge in [0.05, 0.1) is 6.10 Å². The van der Waals surface area contributed by atoms with E-state index in [1.54, 1.807) is 27.7 Å². The van der Waals surface area contributed by atoms with Gasteiger partial charge in [-0.05, 0) is 24.7 Å². The molecule has 0 fully saturated rings. The van der Waals surface area contributed by atoms with Gasteiger partial charge in [0.15, 0.2) is 0 Å². The Morgan fingerprint density at radius 1 is 0.742 bits per heavy atom. The molecule has 0 aliphatic heterocycles. The highest BCUT2D eigenvalue weighted by atomic mass is 16.4. The Morgan fingerprint density at radius 2 is 1.13 bits per heavy atom. The third kappa shape index (κ3) is 8.82. The second kappa shape index (κ2) is 13.3. The minimum atomic E-state index is -1.20. The first-order chi connectivity index (χ1) is 14.3. The number of nitrogens with two attached hydrogens (primary N) is 1. The fourth-order valence-electron chi connectivity index (χ4n) is 2.87. The maximum Gasteiger partial charge on any atom is 0.326 e. The quantitative estimate of drug-likeness (QED) is 0.232. The van der Waals surface area contributed by atoms with E-state index in [2.05, 4.69) is 16.0 Å². The van der Waals surface area contributed by atoms with Crippen molar-refractivity contribution in [1.82, 2.24) is 16.0 Å². The van der Waals surface area contributed by atoms with Gasteiger partial charge in [-0.25, -0.2) is 4.79 Å². The lowest BCUT2D eigenvalue weighted by Gasteiger charge is -2.30. The molecule has 10 nitrogen and oxygen atoms in total. The van der Waals surface area contributed by atoms with E-state index < -0.39 is 54.0 Å². The van der Waals surface area contributed by atoms with E-state index >= 15 is 0 Å². The Morgan fingerprint density at radius 3 is 1.52 bits per heavy atom. The first-order valence-corrected chi connectivity index (χ1v) is 10.9. The molecule has 10 heteroatoms. The molecule has 7 unspecified atom stereocenters. The molecule has 0 heterocycles. The molecular weight excluding hydrogens is 404 g/mol. The van der Waals surface area contributed by atoms with Gasteiger partial charge in [0.2, 0.25) is 17.7 Å². The minimum absolute atomic E-state index is 0.279. The van der Waals surface area contributed by atoms with Gasteiger partial charge in [0.25, 0.3) is 0 Å². The highest BCUT2D eigenvalue weighted by Crippen LogP contribution is 2.13. The fourth-order valence-corrected chi connectivity index (χ4v) is 2.87. The summed E-state index contributed by atoms with van der Waals surface area (Å²) in [6.07, 6.45) is 0.0243. The molecule has 0 aliphatic rings. The van der Waals surface area contributed by atoms with Crippen molar-refractivity contribution in [3.63, 3.8) is 0 Å². The van der Waals surface area contributed by atoms with Crippen molar-refractivity contribution >= 4 is 23.7 Å². The minimum Gasteiger partial charge on any atom is -0.480 e. The third-order valence-electron chi connectivity index (χ3n) is 5.64. The number of aliphatic hydroxyl groups is 1. The van der Waals surface area contributed by atoms with Crippen molar-refractivity contribution in [1.29, 1.82) is 0 Å². The zero-order valence-corrected chi connectivity index (χ0v) is 19.6. The van der Waals surface area contributed by atoms with Crippen LogP contribution in [0.5, 0.6) is 0 Å². The SMILES string of the molecule is CCC(C)C(NC(=O)C(NC(=O)C(NC(=O)C(N)C(C)O)C(C)C)C(C)CC)C(=O)O. The van der Waals surface area contributed by atoms with Crippen molar-refractivity contribution < 1.29 is 29.4 Å². The Labute approximate surface area is 184 Å². The van der Waals surface area contributed by atoms with Gasteiger partial charge in [-0.3, -0.25) is 14.4 Å². The Bertz CT molecular complexity index is 625. The van der Waals surface area contributed by atoms with Crippen LogP contribution in [0.3, 0.4) is 0 Å². The van der Waals surface area contributed by atoms with Crippen LogP contribution >= 0.6 is 0 Å². The number of amides is 3. The van der Waals surface area contributed by atoms with E-state index in [0.717, 1.165) is 0 Å². The Balaban J connectivity index is 5.56. The van der Waals surface area contributed by atoms with Crippen molar-refractivity contribution in [3.8, 4) is 0 Å². The molecule has 0 aromatic heterocycles. The van der Waals surface area contributed by atoms with Gasteiger partial charge in [-0.2, -0.15) is 0 Å². The summed E-state index contributed by atoms with van der Waals surface area (Å²) in [5, 5.41) is 26.7. The topological polar surface area (TPSA) is 171 Å². The van der Waals surface area contributed by atoms with Crippen molar-refractivity contribution in [2.45, 2.75) is 91.6 Å². The van der Waals surface area contributed by atoms with Gasteiger partial charge < -0.3 is 31.9 Å². The average Bonchev–Trinajstić information content (AvgIpc) is 2.70. The van der Waals surface area contributed by atoms with Crippen LogP contribution in [0, 0.1) is 17.8 Å². The van der Waals surface area contributed by atoms with Crippen LogP contribution in [-0.4, -0.2) is 64.2 Å². The fraction of sp³-hybridized carbons (Fsp3) is 0.810. The second-order valence-corrected chi connectivity index (χ2v) is 8.58. The summed E-state index contributed by atoms with van der Waals surface area (Å²) in [4.78, 5) is 49.6. The molecule has 7 N–H and O–H groups in total. The van der Waals surface area contributed by atoms with Gasteiger partial charge in [-0.15, -0.1) is 0 Å². The van der Waals surface area contributed by atoms with Gasteiger partial charge in [-0.1, -0.05) is 54.4 Å². The summed E-state index contributed by atoms with van der Waals surface area (Å²) in [5.74, 6) is -3.90. The van der Waals surface area contributed by atoms with Crippen LogP contribution in [0.4, 0.5) is 0 Å². The van der Waals surface area contributed by atoms with Crippen LogP contribution < -0.4 is 21.7 Å². The van der Waals surface area contributed by atoms with Crippen molar-refractivity contribution in [3.05, 3.63) is 0 Å². The molecule has 0 aliphatic carbocycles. The number of hydrogen-bond donors (Lipinski definition) is 6. The predicted octanol–water partition coefficient (Wildman–Crippen LogP) is -0.0183. The molecule has 0 bridgehead atoms. The molecular formula is C21H40N4O6. The van der Waals surface area contributed by atoms with Crippen LogP contribution in [0.1, 0.15) is 61.3 Å². The van der Waals surface area contributed by atoms with E-state index in [0.29, 0.717) is 12.8 Å². The average molecular weight is 445 g/mol. The number of aliphatic carboxylic acids is 1. The second-order valence-electron chi connectivity index (χ2n) is 8.58. The summed E-state index contributed by atoms with van der Waals surface area (Å²) in [5.41, 5.74) is 5.64. The normalized spacial score (nSPS) is 18.1. The lowest BCUT2D eigenvalue weighted by molar-refractivity contribution is -0.144. The highest BCUT2D eigenvalue weighted by molar-refractivity contribution is 5.94. The van der Waals surface area contributed by atoms with E-state index in [-0.39, 0.29) is 17.8 Å². The third-order valence-corrected chi connectivity index (χ3v) is 5.64. The number of carbonyl (C=O) groups excluding carboxylic acids is 3. The molecule has 0 saturated carbocycles. The number of carboxylic acid groups (broad SMARTS) is 1. The van der Waals surface area contributed by atoms with Gasteiger partial charge >= 0.3 is 5.97 Å². The maximum absolute atomic E-state index is 12.9. The first-order valence-electron chi connectivity index (χ1n) is 10.9. The molecule has 0 rings (SSSR count). The zero-order chi connectivity index (χ0) is 24.5. The largest absolute Gasteiger partial charge is 0.480 e. The molecule has 180 valence electrons. The van der Waals surface area contributed by atoms with Crippen molar-refractivity contribution in [2.75, 3.05) is 0 Å². The summed E-state index contributed by atoms with van der Waals surface area (Å²) >= 11 is 0. The van der Waals surface area contributed by atoms with Gasteiger partial charge in [0.1, 0.15) is 24.2 Å². The van der Waals surface area contributed by atoms with Crippen molar-refractivity contribution in [2.24, 2.45) is 23.5 Å². The van der Waals surface area contributed by atoms with E-state index in [1.165, 1.54) is 6.92 Å². The van der Waals surface area contributed by atoms with E-state index in [4.69, 9.17) is 5.73 Å². The summed E-state index contributed by atoms with van der Waals surface area (Å²) in [6, 6.07) is -4.24. The number of aliphatic hydroxyl groups excluding tert-OH is 1. The van der Waals surface area contributed by atoms with Crippen LogP contribution in [-0.2, 0) is 19.2 Å². The number of carboxylic acids is 1. The lowest BCUT2D eigenvalue weighted by Crippen LogP contribution is -2.60. The molecule has 0 aromatic rings. The Kier molecular flexibility index (Phi) is 12.3. The highest BCUT2D eigenvalue weighted by Gasteiger charge is 2.35. The van der Waals surface area contributed by atoms with Gasteiger partial charge in [0, 0.05) is 0 Å². The standard InChI is InChI=1S/C21H40N4O6/c1-8-11(5)16(20(29)25-17(21(30)31)12(6)9-2)24-19(28)15(10(3)4)23-18(27)14(22)13(7)26/h10-17,26H,8-9,22H2,1-7H3,(H,23,27)(H,24,28)(H,25,29)(H,30,31). The van der Waals surface area contributed by atoms with E-state index in [9.17, 15) is 29.4 Å². The number of nitrogens with one attached hydrogen (secondary N) is 3. The molecule has 31 heavy (non-hydrogen) atoms. The molecule has 7 atom stereocenters. The van der Waals surface area contributed by atoms with Crippen LogP contribution in [0.15, 0.2) is 0 Å². The lowest BCUT2D eigenvalue weighted by atomic mass is 9.94. The summed E-state index contributed by atoms with van der Waals surface area (Å²) in [7, 11) is 0. The number of rotatable bonds is 13. The summed E-state index contributed by atoms with van der Waals surface area (Å²) < 4.78 is 0. The van der Waals surface area contributed by atoms with Crippen LogP contribution in [0.2, 0.25) is 0 Å². The Hall–Kier alpha value is -2.20. The predicted molar refractivity (Wildman–Crippen MR) is 117 cm³/mol. The maximum atomic E-state index is 12.9. The van der Waals surface area contributed by atoms with E-state index in [1.807, 2.05) is 13.8 Å². The number of carbonyl (C=O) groups is 4. The van der Waals surface area contributed by atoms with Crippen LogP contribution in [0.25, 0.3) is 0 Å². The number of hydrogen-bond acceptors (Lipinski definition) is 6. The molecule has 0 spiro atoms. The zero-order valence-electron chi connectivity index (χ0n) is 19.6.